The summed E-state index contributed by atoms with van der Waals surface area (Å²) in [5.41, 5.74) is 2.75. The van der Waals surface area contributed by atoms with Gasteiger partial charge < -0.3 is 19.7 Å². The third kappa shape index (κ3) is 2.28. The highest BCUT2D eigenvalue weighted by molar-refractivity contribution is 6.35. The Bertz CT molecular complexity index is 1150. The van der Waals surface area contributed by atoms with Crippen LogP contribution < -0.4 is 11.0 Å². The predicted molar refractivity (Wildman–Crippen MR) is 92.8 cm³/mol. The maximum absolute atomic E-state index is 12.5. The first-order chi connectivity index (χ1) is 11.5. The summed E-state index contributed by atoms with van der Waals surface area (Å²) < 4.78 is 5.65. The molecular formula is C17H12ClN3O3. The van der Waals surface area contributed by atoms with Gasteiger partial charge in [0, 0.05) is 16.6 Å². The van der Waals surface area contributed by atoms with Crippen molar-refractivity contribution >= 4 is 45.2 Å². The first-order valence-electron chi connectivity index (χ1n) is 7.24. The van der Waals surface area contributed by atoms with E-state index in [1.807, 2.05) is 19.1 Å². The van der Waals surface area contributed by atoms with Crippen molar-refractivity contribution in [3.8, 4) is 0 Å². The van der Waals surface area contributed by atoms with Gasteiger partial charge in [0.2, 0.25) is 0 Å². The van der Waals surface area contributed by atoms with Crippen LogP contribution in [0.5, 0.6) is 0 Å². The number of carbonyl (C=O) groups excluding carboxylic acids is 1. The van der Waals surface area contributed by atoms with Crippen molar-refractivity contribution in [2.45, 2.75) is 6.92 Å². The highest BCUT2D eigenvalue weighted by Crippen LogP contribution is 2.31. The van der Waals surface area contributed by atoms with E-state index >= 15 is 0 Å². The van der Waals surface area contributed by atoms with E-state index in [1.54, 1.807) is 24.3 Å². The van der Waals surface area contributed by atoms with Gasteiger partial charge >= 0.3 is 5.69 Å². The number of rotatable bonds is 2. The standard InChI is InChI=1S/C17H12ClN3O3/c1-8-10-3-2-4-11(18)15(10)24-14(8)16(22)19-9-5-6-12-13(7-9)21-17(23)20-12/h2-7H,1H3,(H,19,22)(H2,20,21,23). The van der Waals surface area contributed by atoms with Gasteiger partial charge in [-0.05, 0) is 31.2 Å². The second-order valence-corrected chi connectivity index (χ2v) is 5.87. The minimum absolute atomic E-state index is 0.209. The van der Waals surface area contributed by atoms with Crippen LogP contribution >= 0.6 is 11.6 Å². The van der Waals surface area contributed by atoms with Crippen LogP contribution in [0.25, 0.3) is 22.0 Å². The number of furan rings is 1. The largest absolute Gasteiger partial charge is 0.449 e. The molecule has 7 heteroatoms. The van der Waals surface area contributed by atoms with Crippen molar-refractivity contribution in [3.63, 3.8) is 0 Å². The summed E-state index contributed by atoms with van der Waals surface area (Å²) in [5.74, 6) is -0.169. The number of fused-ring (bicyclic) bond motifs is 2. The number of hydrogen-bond acceptors (Lipinski definition) is 3. The Hall–Kier alpha value is -2.99. The lowest BCUT2D eigenvalue weighted by Crippen LogP contribution is -2.12. The lowest BCUT2D eigenvalue weighted by atomic mass is 10.1. The molecule has 2 heterocycles. The lowest BCUT2D eigenvalue weighted by Gasteiger charge is -2.03. The molecule has 0 saturated heterocycles. The van der Waals surface area contributed by atoms with Crippen LogP contribution in [0.3, 0.4) is 0 Å². The number of aryl methyl sites for hydroxylation is 1. The van der Waals surface area contributed by atoms with Gasteiger partial charge in [0.05, 0.1) is 16.1 Å². The molecule has 0 radical (unpaired) electrons. The number of halogens is 1. The normalized spacial score (nSPS) is 11.2. The van der Waals surface area contributed by atoms with Crippen molar-refractivity contribution in [1.29, 1.82) is 0 Å². The summed E-state index contributed by atoms with van der Waals surface area (Å²) in [6.07, 6.45) is 0. The molecule has 4 rings (SSSR count). The highest BCUT2D eigenvalue weighted by atomic mass is 35.5. The maximum Gasteiger partial charge on any atom is 0.323 e. The van der Waals surface area contributed by atoms with E-state index in [0.29, 0.717) is 27.3 Å². The molecule has 0 bridgehead atoms. The minimum Gasteiger partial charge on any atom is -0.449 e. The van der Waals surface area contributed by atoms with Gasteiger partial charge in [0.15, 0.2) is 11.3 Å². The smallest absolute Gasteiger partial charge is 0.323 e. The summed E-state index contributed by atoms with van der Waals surface area (Å²) in [7, 11) is 0. The lowest BCUT2D eigenvalue weighted by molar-refractivity contribution is 0.0998. The van der Waals surface area contributed by atoms with E-state index in [2.05, 4.69) is 15.3 Å². The monoisotopic (exact) mass is 341 g/mol. The van der Waals surface area contributed by atoms with Crippen LogP contribution in [0.1, 0.15) is 16.1 Å². The Morgan fingerprint density at radius 1 is 1.17 bits per heavy atom. The fourth-order valence-electron chi connectivity index (χ4n) is 2.72. The predicted octanol–water partition coefficient (Wildman–Crippen LogP) is 3.82. The molecule has 0 unspecified atom stereocenters. The number of amides is 1. The molecule has 6 nitrogen and oxygen atoms in total. The van der Waals surface area contributed by atoms with Crippen LogP contribution in [0.15, 0.2) is 45.6 Å². The number of aromatic amines is 2. The van der Waals surface area contributed by atoms with Gasteiger partial charge in [0.1, 0.15) is 0 Å². The minimum atomic E-state index is -0.378. The number of H-pyrrole nitrogens is 2. The molecule has 1 amide bonds. The number of carbonyl (C=O) groups is 1. The highest BCUT2D eigenvalue weighted by Gasteiger charge is 2.19. The average molecular weight is 342 g/mol. The zero-order chi connectivity index (χ0) is 16.8. The average Bonchev–Trinajstić information content (AvgIpc) is 3.08. The number of nitrogens with one attached hydrogen (secondary N) is 3. The number of aromatic nitrogens is 2. The summed E-state index contributed by atoms with van der Waals surface area (Å²) in [5, 5.41) is 4.03. The molecule has 0 atom stereocenters. The molecule has 0 aliphatic heterocycles. The molecule has 4 aromatic rings. The quantitative estimate of drug-likeness (QED) is 0.517. The van der Waals surface area contributed by atoms with E-state index in [9.17, 15) is 9.59 Å². The third-order valence-electron chi connectivity index (χ3n) is 3.90. The van der Waals surface area contributed by atoms with Gasteiger partial charge in [-0.3, -0.25) is 4.79 Å². The summed E-state index contributed by atoms with van der Waals surface area (Å²) in [4.78, 5) is 29.1. The second kappa shape index (κ2) is 5.28. The summed E-state index contributed by atoms with van der Waals surface area (Å²) in [6.45, 7) is 1.81. The number of benzene rings is 2. The molecule has 2 aromatic carbocycles. The van der Waals surface area contributed by atoms with Gasteiger partial charge in [-0.25, -0.2) is 4.79 Å². The van der Waals surface area contributed by atoms with Crippen molar-refractivity contribution in [2.75, 3.05) is 5.32 Å². The van der Waals surface area contributed by atoms with Crippen molar-refractivity contribution < 1.29 is 9.21 Å². The Balaban J connectivity index is 1.71. The van der Waals surface area contributed by atoms with E-state index in [1.165, 1.54) is 0 Å². The molecule has 0 spiro atoms. The van der Waals surface area contributed by atoms with Crippen LogP contribution in [0.2, 0.25) is 5.02 Å². The number of para-hydroxylation sites is 1. The number of imidazole rings is 1. The zero-order valence-electron chi connectivity index (χ0n) is 12.6. The van der Waals surface area contributed by atoms with Gasteiger partial charge in [-0.15, -0.1) is 0 Å². The number of hydrogen-bond donors (Lipinski definition) is 3. The Morgan fingerprint density at radius 3 is 2.75 bits per heavy atom. The summed E-state index contributed by atoms with van der Waals surface area (Å²) in [6, 6.07) is 10.5. The Morgan fingerprint density at radius 2 is 1.96 bits per heavy atom. The summed E-state index contributed by atoms with van der Waals surface area (Å²) >= 11 is 6.11. The van der Waals surface area contributed by atoms with Gasteiger partial charge in [-0.2, -0.15) is 0 Å². The third-order valence-corrected chi connectivity index (χ3v) is 4.19. The first-order valence-corrected chi connectivity index (χ1v) is 7.62. The van der Waals surface area contributed by atoms with Crippen LogP contribution in [-0.2, 0) is 0 Å². The molecule has 0 fully saturated rings. The van der Waals surface area contributed by atoms with Crippen LogP contribution in [0, 0.1) is 6.92 Å². The molecule has 2 aromatic heterocycles. The van der Waals surface area contributed by atoms with Crippen molar-refractivity contribution in [2.24, 2.45) is 0 Å². The van der Waals surface area contributed by atoms with Crippen LogP contribution in [0.4, 0.5) is 5.69 Å². The van der Waals surface area contributed by atoms with E-state index in [-0.39, 0.29) is 17.4 Å². The first kappa shape index (κ1) is 14.6. The SMILES string of the molecule is Cc1c(C(=O)Nc2ccc3[nH]c(=O)[nH]c3c2)oc2c(Cl)cccc12. The van der Waals surface area contributed by atoms with Crippen LogP contribution in [-0.4, -0.2) is 15.9 Å². The molecule has 120 valence electrons. The Labute approximate surface area is 140 Å². The van der Waals surface area contributed by atoms with Gasteiger partial charge in [0.25, 0.3) is 5.91 Å². The molecular weight excluding hydrogens is 330 g/mol. The topological polar surface area (TPSA) is 90.9 Å². The molecule has 3 N–H and O–H groups in total. The van der Waals surface area contributed by atoms with E-state index < -0.39 is 0 Å². The molecule has 0 aliphatic carbocycles. The molecule has 0 saturated carbocycles. The second-order valence-electron chi connectivity index (χ2n) is 5.47. The Kier molecular flexibility index (Phi) is 3.21. The van der Waals surface area contributed by atoms with E-state index in [0.717, 1.165) is 10.9 Å². The van der Waals surface area contributed by atoms with Crippen molar-refractivity contribution in [3.05, 3.63) is 63.2 Å². The van der Waals surface area contributed by atoms with Crippen molar-refractivity contribution in [1.82, 2.24) is 9.97 Å². The molecule has 24 heavy (non-hydrogen) atoms. The van der Waals surface area contributed by atoms with E-state index in [4.69, 9.17) is 16.0 Å². The number of anilines is 1. The van der Waals surface area contributed by atoms with Gasteiger partial charge in [-0.1, -0.05) is 23.7 Å². The fraction of sp³-hybridized carbons (Fsp3) is 0.0588. The molecule has 0 aliphatic rings. The fourth-order valence-corrected chi connectivity index (χ4v) is 2.94. The maximum atomic E-state index is 12.5. The zero-order valence-corrected chi connectivity index (χ0v) is 13.3.